The minimum atomic E-state index is -1.04. The van der Waals surface area contributed by atoms with Crippen molar-refractivity contribution in [2.45, 2.75) is 0 Å². The monoisotopic (exact) mass is 335 g/mol. The summed E-state index contributed by atoms with van der Waals surface area (Å²) < 4.78 is 26.2. The standard InChI is InChI=1S/C20H11F2NO2/c21-17-8-6-12(10-18(17)22)23-20(25)11-5-7-14-13-3-1-2-4-15(13)19(24)16(14)9-11/h1-10H,(H,23,25). The van der Waals surface area contributed by atoms with Crippen LogP contribution in [0.15, 0.2) is 60.7 Å². The number of amides is 1. The van der Waals surface area contributed by atoms with E-state index in [1.165, 1.54) is 12.1 Å². The van der Waals surface area contributed by atoms with Crippen molar-refractivity contribution in [1.82, 2.24) is 0 Å². The molecule has 0 spiro atoms. The number of benzene rings is 3. The van der Waals surface area contributed by atoms with Gasteiger partial charge in [0.05, 0.1) is 0 Å². The quantitative estimate of drug-likeness (QED) is 0.589. The largest absolute Gasteiger partial charge is 0.322 e. The molecule has 4 rings (SSSR count). The van der Waals surface area contributed by atoms with E-state index in [0.29, 0.717) is 11.1 Å². The molecule has 0 saturated carbocycles. The number of carbonyl (C=O) groups is 2. The van der Waals surface area contributed by atoms with Gasteiger partial charge in [-0.2, -0.15) is 0 Å². The van der Waals surface area contributed by atoms with Gasteiger partial charge in [-0.05, 0) is 35.4 Å². The summed E-state index contributed by atoms with van der Waals surface area (Å²) >= 11 is 0. The number of halogens is 2. The van der Waals surface area contributed by atoms with Gasteiger partial charge in [0, 0.05) is 28.4 Å². The Hall–Kier alpha value is -3.34. The van der Waals surface area contributed by atoms with E-state index < -0.39 is 17.5 Å². The Morgan fingerprint density at radius 1 is 0.760 bits per heavy atom. The minimum Gasteiger partial charge on any atom is -0.322 e. The van der Waals surface area contributed by atoms with Crippen molar-refractivity contribution in [2.75, 3.05) is 5.32 Å². The van der Waals surface area contributed by atoms with E-state index in [4.69, 9.17) is 0 Å². The number of ketones is 1. The molecule has 0 fully saturated rings. The Kier molecular flexibility index (Phi) is 3.42. The molecule has 3 nitrogen and oxygen atoms in total. The van der Waals surface area contributed by atoms with Gasteiger partial charge in [-0.25, -0.2) is 8.78 Å². The lowest BCUT2D eigenvalue weighted by Crippen LogP contribution is -2.13. The third kappa shape index (κ3) is 2.50. The molecule has 1 aliphatic carbocycles. The SMILES string of the molecule is O=C(Nc1ccc(F)c(F)c1)c1ccc2c(c1)C(=O)c1ccccc1-2. The lowest BCUT2D eigenvalue weighted by atomic mass is 10.0. The Balaban J connectivity index is 1.66. The van der Waals surface area contributed by atoms with Gasteiger partial charge in [0.25, 0.3) is 5.91 Å². The molecular weight excluding hydrogens is 324 g/mol. The zero-order valence-corrected chi connectivity index (χ0v) is 12.8. The lowest BCUT2D eigenvalue weighted by molar-refractivity contribution is 0.102. The molecule has 1 N–H and O–H groups in total. The van der Waals surface area contributed by atoms with E-state index in [-0.39, 0.29) is 17.0 Å². The highest BCUT2D eigenvalue weighted by Crippen LogP contribution is 2.36. The van der Waals surface area contributed by atoms with Gasteiger partial charge in [0.2, 0.25) is 0 Å². The Morgan fingerprint density at radius 2 is 1.48 bits per heavy atom. The van der Waals surface area contributed by atoms with Crippen LogP contribution in [0.5, 0.6) is 0 Å². The second-order valence-corrected chi connectivity index (χ2v) is 5.72. The Bertz CT molecular complexity index is 1040. The molecule has 0 aliphatic heterocycles. The highest BCUT2D eigenvalue weighted by Gasteiger charge is 2.27. The number of carbonyl (C=O) groups excluding carboxylic acids is 2. The fourth-order valence-electron chi connectivity index (χ4n) is 2.95. The third-order valence-electron chi connectivity index (χ3n) is 4.17. The van der Waals surface area contributed by atoms with E-state index in [1.54, 1.807) is 24.3 Å². The molecule has 0 radical (unpaired) electrons. The van der Waals surface area contributed by atoms with Gasteiger partial charge in [-0.1, -0.05) is 30.3 Å². The summed E-state index contributed by atoms with van der Waals surface area (Å²) in [6.45, 7) is 0. The van der Waals surface area contributed by atoms with Crippen LogP contribution in [-0.4, -0.2) is 11.7 Å². The lowest BCUT2D eigenvalue weighted by Gasteiger charge is -2.07. The van der Waals surface area contributed by atoms with Crippen LogP contribution in [0.4, 0.5) is 14.5 Å². The fraction of sp³-hybridized carbons (Fsp3) is 0. The molecular formula is C20H11F2NO2. The van der Waals surface area contributed by atoms with E-state index in [1.807, 2.05) is 12.1 Å². The first-order valence-corrected chi connectivity index (χ1v) is 7.59. The molecule has 1 amide bonds. The Labute approximate surface area is 141 Å². The molecule has 3 aromatic rings. The van der Waals surface area contributed by atoms with Crippen molar-refractivity contribution < 1.29 is 18.4 Å². The normalized spacial score (nSPS) is 11.8. The molecule has 3 aromatic carbocycles. The van der Waals surface area contributed by atoms with Crippen LogP contribution in [0.3, 0.4) is 0 Å². The van der Waals surface area contributed by atoms with Crippen molar-refractivity contribution >= 4 is 17.4 Å². The summed E-state index contributed by atoms with van der Waals surface area (Å²) in [5.41, 5.74) is 3.10. The average molecular weight is 335 g/mol. The van der Waals surface area contributed by atoms with Crippen molar-refractivity contribution in [3.63, 3.8) is 0 Å². The number of fused-ring (bicyclic) bond motifs is 3. The summed E-state index contributed by atoms with van der Waals surface area (Å²) in [4.78, 5) is 24.8. The highest BCUT2D eigenvalue weighted by atomic mass is 19.2. The number of anilines is 1. The van der Waals surface area contributed by atoms with E-state index in [0.717, 1.165) is 23.3 Å². The average Bonchev–Trinajstić information content (AvgIpc) is 2.91. The molecule has 0 unspecified atom stereocenters. The summed E-state index contributed by atoms with van der Waals surface area (Å²) in [5.74, 6) is -2.66. The number of hydrogen-bond acceptors (Lipinski definition) is 2. The van der Waals surface area contributed by atoms with Gasteiger partial charge < -0.3 is 5.32 Å². The maximum absolute atomic E-state index is 13.2. The van der Waals surface area contributed by atoms with E-state index in [9.17, 15) is 18.4 Å². The third-order valence-corrected chi connectivity index (χ3v) is 4.17. The molecule has 0 saturated heterocycles. The summed E-state index contributed by atoms with van der Waals surface area (Å²) in [6, 6.07) is 15.2. The molecule has 5 heteroatoms. The first-order valence-electron chi connectivity index (χ1n) is 7.59. The molecule has 25 heavy (non-hydrogen) atoms. The van der Waals surface area contributed by atoms with Crippen LogP contribution in [0, 0.1) is 11.6 Å². The molecule has 0 atom stereocenters. The first-order chi connectivity index (χ1) is 12.0. The van der Waals surface area contributed by atoms with Crippen LogP contribution in [0.2, 0.25) is 0 Å². The van der Waals surface area contributed by atoms with Gasteiger partial charge in [-0.3, -0.25) is 9.59 Å². The molecule has 1 aliphatic rings. The second-order valence-electron chi connectivity index (χ2n) is 5.72. The van der Waals surface area contributed by atoms with E-state index in [2.05, 4.69) is 5.32 Å². The minimum absolute atomic E-state index is 0.131. The van der Waals surface area contributed by atoms with Gasteiger partial charge in [-0.15, -0.1) is 0 Å². The highest BCUT2D eigenvalue weighted by molar-refractivity contribution is 6.22. The number of hydrogen-bond donors (Lipinski definition) is 1. The van der Waals surface area contributed by atoms with Crippen LogP contribution in [0.1, 0.15) is 26.3 Å². The summed E-state index contributed by atoms with van der Waals surface area (Å²) in [7, 11) is 0. The van der Waals surface area contributed by atoms with Crippen molar-refractivity contribution in [1.29, 1.82) is 0 Å². The zero-order chi connectivity index (χ0) is 17.6. The molecule has 0 aromatic heterocycles. The summed E-state index contributed by atoms with van der Waals surface area (Å²) in [6.07, 6.45) is 0. The topological polar surface area (TPSA) is 46.2 Å². The summed E-state index contributed by atoms with van der Waals surface area (Å²) in [5, 5.41) is 2.50. The van der Waals surface area contributed by atoms with Crippen molar-refractivity contribution in [3.05, 3.63) is 89.0 Å². The Morgan fingerprint density at radius 3 is 2.24 bits per heavy atom. The van der Waals surface area contributed by atoms with Crippen molar-refractivity contribution in [3.8, 4) is 11.1 Å². The predicted octanol–water partition coefficient (Wildman–Crippen LogP) is 4.43. The molecule has 0 bridgehead atoms. The number of nitrogens with one attached hydrogen (secondary N) is 1. The molecule has 122 valence electrons. The number of rotatable bonds is 2. The molecule has 0 heterocycles. The van der Waals surface area contributed by atoms with Crippen LogP contribution in [-0.2, 0) is 0 Å². The maximum Gasteiger partial charge on any atom is 0.255 e. The smallest absolute Gasteiger partial charge is 0.255 e. The van der Waals surface area contributed by atoms with E-state index >= 15 is 0 Å². The fourth-order valence-corrected chi connectivity index (χ4v) is 2.95. The van der Waals surface area contributed by atoms with Gasteiger partial charge in [0.1, 0.15) is 0 Å². The zero-order valence-electron chi connectivity index (χ0n) is 12.8. The van der Waals surface area contributed by atoms with Gasteiger partial charge >= 0.3 is 0 Å². The first kappa shape index (κ1) is 15.2. The second kappa shape index (κ2) is 5.63. The van der Waals surface area contributed by atoms with Crippen LogP contribution >= 0.6 is 0 Å². The van der Waals surface area contributed by atoms with Crippen LogP contribution in [0.25, 0.3) is 11.1 Å². The maximum atomic E-state index is 13.2. The van der Waals surface area contributed by atoms with Crippen molar-refractivity contribution in [2.24, 2.45) is 0 Å². The van der Waals surface area contributed by atoms with Gasteiger partial charge in [0.15, 0.2) is 17.4 Å². The predicted molar refractivity (Wildman–Crippen MR) is 89.6 cm³/mol. The van der Waals surface area contributed by atoms with Crippen LogP contribution < -0.4 is 5.32 Å².